The second kappa shape index (κ2) is 6.74. The van der Waals surface area contributed by atoms with Crippen molar-refractivity contribution in [2.24, 2.45) is 16.6 Å². The first kappa shape index (κ1) is 17.9. The van der Waals surface area contributed by atoms with E-state index in [0.717, 1.165) is 35.5 Å². The molecule has 5 nitrogen and oxygen atoms in total. The highest BCUT2D eigenvalue weighted by Gasteiger charge is 2.52. The SMILES string of the molecule is C[C@H]1OC[C@]2(c3cc(-c4cncc(OC5CC5)c4)ccc3F)N=C(N)SC[C@H]12. The molecule has 0 bridgehead atoms. The van der Waals surface area contributed by atoms with Crippen LogP contribution in [0, 0.1) is 11.7 Å². The molecule has 2 aliphatic heterocycles. The molecule has 0 radical (unpaired) electrons. The van der Waals surface area contributed by atoms with Crippen LogP contribution in [0.2, 0.25) is 0 Å². The van der Waals surface area contributed by atoms with Crippen molar-refractivity contribution < 1.29 is 13.9 Å². The summed E-state index contributed by atoms with van der Waals surface area (Å²) in [6.45, 7) is 2.36. The van der Waals surface area contributed by atoms with Crippen LogP contribution in [0.3, 0.4) is 0 Å². The maximum atomic E-state index is 15.0. The molecule has 2 N–H and O–H groups in total. The predicted octanol–water partition coefficient (Wildman–Crippen LogP) is 3.72. The number of aliphatic imine (C=N–C) groups is 1. The molecule has 0 spiro atoms. The maximum absolute atomic E-state index is 15.0. The molecule has 1 saturated carbocycles. The Kier molecular flexibility index (Phi) is 4.32. The van der Waals surface area contributed by atoms with E-state index in [1.807, 2.05) is 19.1 Å². The number of ether oxygens (including phenoxy) is 2. The van der Waals surface area contributed by atoms with E-state index in [2.05, 4.69) is 4.98 Å². The zero-order chi connectivity index (χ0) is 19.3. The van der Waals surface area contributed by atoms with E-state index in [1.54, 1.807) is 18.5 Å². The Balaban J connectivity index is 1.57. The van der Waals surface area contributed by atoms with Gasteiger partial charge in [-0.25, -0.2) is 9.38 Å². The highest BCUT2D eigenvalue weighted by Crippen LogP contribution is 2.48. The van der Waals surface area contributed by atoms with Crippen molar-refractivity contribution in [1.82, 2.24) is 4.98 Å². The van der Waals surface area contributed by atoms with Crippen LogP contribution in [0.5, 0.6) is 5.75 Å². The quantitative estimate of drug-likeness (QED) is 0.849. The minimum absolute atomic E-state index is 0.00402. The Hall–Kier alpha value is -2.12. The average Bonchev–Trinajstić information content (AvgIpc) is 3.44. The van der Waals surface area contributed by atoms with Crippen LogP contribution < -0.4 is 10.5 Å². The van der Waals surface area contributed by atoms with Crippen LogP contribution >= 0.6 is 11.8 Å². The highest BCUT2D eigenvalue weighted by atomic mass is 32.2. The number of hydrogen-bond donors (Lipinski definition) is 1. The lowest BCUT2D eigenvalue weighted by Gasteiger charge is -2.35. The lowest BCUT2D eigenvalue weighted by Crippen LogP contribution is -2.41. The molecule has 3 atom stereocenters. The van der Waals surface area contributed by atoms with Crippen LogP contribution in [0.15, 0.2) is 41.7 Å². The summed E-state index contributed by atoms with van der Waals surface area (Å²) in [7, 11) is 0. The van der Waals surface area contributed by atoms with Crippen molar-refractivity contribution >= 4 is 16.9 Å². The summed E-state index contributed by atoms with van der Waals surface area (Å²) >= 11 is 1.51. The van der Waals surface area contributed by atoms with Crippen molar-refractivity contribution in [2.45, 2.75) is 37.5 Å². The molecule has 0 amide bonds. The Labute approximate surface area is 167 Å². The number of pyridine rings is 1. The summed E-state index contributed by atoms with van der Waals surface area (Å²) in [5.74, 6) is 1.31. The van der Waals surface area contributed by atoms with Gasteiger partial charge >= 0.3 is 0 Å². The van der Waals surface area contributed by atoms with Crippen LogP contribution in [0.25, 0.3) is 11.1 Å². The number of fused-ring (bicyclic) bond motifs is 1. The molecular formula is C21H22FN3O2S. The number of thioether (sulfide) groups is 1. The van der Waals surface area contributed by atoms with Gasteiger partial charge in [0.15, 0.2) is 5.17 Å². The van der Waals surface area contributed by atoms with Gasteiger partial charge in [0, 0.05) is 29.0 Å². The third-order valence-corrected chi connectivity index (χ3v) is 6.69. The van der Waals surface area contributed by atoms with E-state index in [9.17, 15) is 0 Å². The van der Waals surface area contributed by atoms with Gasteiger partial charge in [0.2, 0.25) is 0 Å². The fourth-order valence-corrected chi connectivity index (χ4v) is 5.18. The minimum Gasteiger partial charge on any atom is -0.489 e. The van der Waals surface area contributed by atoms with Crippen molar-refractivity contribution in [2.75, 3.05) is 12.4 Å². The molecule has 0 unspecified atom stereocenters. The van der Waals surface area contributed by atoms with Gasteiger partial charge in [-0.05, 0) is 43.5 Å². The lowest BCUT2D eigenvalue weighted by molar-refractivity contribution is 0.107. The zero-order valence-electron chi connectivity index (χ0n) is 15.6. The predicted molar refractivity (Wildman–Crippen MR) is 108 cm³/mol. The van der Waals surface area contributed by atoms with E-state index < -0.39 is 5.54 Å². The fraction of sp³-hybridized carbons (Fsp3) is 0.429. The minimum atomic E-state index is -0.773. The zero-order valence-corrected chi connectivity index (χ0v) is 16.4. The van der Waals surface area contributed by atoms with Gasteiger partial charge in [-0.15, -0.1) is 0 Å². The Morgan fingerprint density at radius 3 is 2.93 bits per heavy atom. The normalized spacial score (nSPS) is 29.3. The van der Waals surface area contributed by atoms with Crippen LogP contribution in [0.1, 0.15) is 25.3 Å². The van der Waals surface area contributed by atoms with E-state index in [0.29, 0.717) is 23.4 Å². The van der Waals surface area contributed by atoms with Gasteiger partial charge in [-0.3, -0.25) is 4.98 Å². The molecule has 1 aromatic heterocycles. The van der Waals surface area contributed by atoms with E-state index in [1.165, 1.54) is 17.8 Å². The van der Waals surface area contributed by atoms with Crippen LogP contribution in [0.4, 0.5) is 4.39 Å². The van der Waals surface area contributed by atoms with Gasteiger partial charge in [0.25, 0.3) is 0 Å². The first-order valence-electron chi connectivity index (χ1n) is 9.57. The number of rotatable bonds is 4. The second-order valence-electron chi connectivity index (χ2n) is 7.73. The largest absolute Gasteiger partial charge is 0.489 e. The summed E-state index contributed by atoms with van der Waals surface area (Å²) in [5, 5.41) is 0.486. The topological polar surface area (TPSA) is 69.7 Å². The van der Waals surface area contributed by atoms with Gasteiger partial charge in [-0.2, -0.15) is 0 Å². The second-order valence-corrected chi connectivity index (χ2v) is 8.77. The number of amidine groups is 1. The summed E-state index contributed by atoms with van der Waals surface area (Å²) in [6.07, 6.45) is 5.97. The summed E-state index contributed by atoms with van der Waals surface area (Å²) in [6, 6.07) is 7.10. The van der Waals surface area contributed by atoms with Crippen LogP contribution in [-0.4, -0.2) is 34.7 Å². The number of halogens is 1. The molecule has 1 saturated heterocycles. The molecule has 5 rings (SSSR count). The van der Waals surface area contributed by atoms with E-state index >= 15 is 4.39 Å². The molecule has 2 fully saturated rings. The molecule has 7 heteroatoms. The van der Waals surface area contributed by atoms with Crippen molar-refractivity contribution in [1.29, 1.82) is 0 Å². The monoisotopic (exact) mass is 399 g/mol. The Morgan fingerprint density at radius 1 is 1.25 bits per heavy atom. The van der Waals surface area contributed by atoms with Gasteiger partial charge in [0.1, 0.15) is 17.1 Å². The van der Waals surface area contributed by atoms with E-state index in [4.69, 9.17) is 20.2 Å². The first-order chi connectivity index (χ1) is 13.5. The number of nitrogens with zero attached hydrogens (tertiary/aromatic N) is 2. The Morgan fingerprint density at radius 2 is 2.11 bits per heavy atom. The third kappa shape index (κ3) is 3.06. The molecular weight excluding hydrogens is 377 g/mol. The summed E-state index contributed by atoms with van der Waals surface area (Å²) < 4.78 is 26.8. The molecule has 3 heterocycles. The molecule has 3 aliphatic rings. The first-order valence-corrected chi connectivity index (χ1v) is 10.6. The van der Waals surface area contributed by atoms with Crippen molar-refractivity contribution in [3.05, 3.63) is 48.0 Å². The summed E-state index contributed by atoms with van der Waals surface area (Å²) in [4.78, 5) is 9.01. The maximum Gasteiger partial charge on any atom is 0.154 e. The third-order valence-electron chi connectivity index (χ3n) is 5.77. The van der Waals surface area contributed by atoms with Gasteiger partial charge in [-0.1, -0.05) is 17.8 Å². The molecule has 28 heavy (non-hydrogen) atoms. The standard InChI is InChI=1S/C21H22FN3O2S/c1-12-18-10-28-20(23)25-21(18,11-26-12)17-7-13(2-5-19(17)22)14-6-16(9-24-8-14)27-15-3-4-15/h2,5-9,12,15,18H,3-4,10-11H2,1H3,(H2,23,25)/t12-,18-,21-/m1/s1. The molecule has 1 aromatic carbocycles. The number of benzene rings is 1. The highest BCUT2D eigenvalue weighted by molar-refractivity contribution is 8.13. The van der Waals surface area contributed by atoms with Gasteiger partial charge in [0.05, 0.1) is 25.0 Å². The molecule has 146 valence electrons. The fourth-order valence-electron chi connectivity index (χ4n) is 4.06. The number of hydrogen-bond acceptors (Lipinski definition) is 6. The van der Waals surface area contributed by atoms with Crippen LogP contribution in [-0.2, 0) is 10.3 Å². The van der Waals surface area contributed by atoms with Crippen molar-refractivity contribution in [3.8, 4) is 16.9 Å². The summed E-state index contributed by atoms with van der Waals surface area (Å²) in [5.41, 5.74) is 7.57. The number of nitrogens with two attached hydrogens (primary N) is 1. The smallest absolute Gasteiger partial charge is 0.154 e. The number of aromatic nitrogens is 1. The lowest BCUT2D eigenvalue weighted by atomic mass is 9.78. The van der Waals surface area contributed by atoms with Crippen molar-refractivity contribution in [3.63, 3.8) is 0 Å². The average molecular weight is 399 g/mol. The van der Waals surface area contributed by atoms with Gasteiger partial charge < -0.3 is 15.2 Å². The molecule has 1 aliphatic carbocycles. The van der Waals surface area contributed by atoms with E-state index in [-0.39, 0.29) is 17.8 Å². The Bertz CT molecular complexity index is 949. The molecule has 2 aromatic rings.